The number of nitrogens with one attached hydrogen (secondary N) is 1. The summed E-state index contributed by atoms with van der Waals surface area (Å²) in [7, 11) is 3.19. The minimum Gasteiger partial charge on any atom is -0.497 e. The summed E-state index contributed by atoms with van der Waals surface area (Å²) in [6, 6.07) is 26.9. The fourth-order valence-corrected chi connectivity index (χ4v) is 9.36. The van der Waals surface area contributed by atoms with Gasteiger partial charge in [-0.1, -0.05) is 67.9 Å². The molecule has 4 aromatic rings. The van der Waals surface area contributed by atoms with Crippen LogP contribution in [0.15, 0.2) is 85.1 Å². The number of aromatic nitrogens is 1. The van der Waals surface area contributed by atoms with Gasteiger partial charge in [-0.05, 0) is 121 Å². The van der Waals surface area contributed by atoms with Crippen molar-refractivity contribution in [2.75, 3.05) is 37.6 Å². The van der Waals surface area contributed by atoms with Gasteiger partial charge in [0.05, 0.1) is 20.8 Å². The Bertz CT molecular complexity index is 1840. The average Bonchev–Trinajstić information content (AvgIpc) is 3.44. The van der Waals surface area contributed by atoms with Crippen molar-refractivity contribution < 1.29 is 19.0 Å². The maximum Gasteiger partial charge on any atom is 0.331 e. The predicted octanol–water partition coefficient (Wildman–Crippen LogP) is 9.37. The molecule has 2 heterocycles. The lowest BCUT2D eigenvalue weighted by Gasteiger charge is -2.47. The van der Waals surface area contributed by atoms with Crippen molar-refractivity contribution in [3.8, 4) is 11.5 Å². The summed E-state index contributed by atoms with van der Waals surface area (Å²) in [6.07, 6.45) is 8.25. The number of pyridine rings is 1. The van der Waals surface area contributed by atoms with Gasteiger partial charge in [-0.3, -0.25) is 0 Å². The second-order valence-electron chi connectivity index (χ2n) is 15.1. The van der Waals surface area contributed by atoms with Crippen LogP contribution in [0.3, 0.4) is 0 Å². The Balaban J connectivity index is 1.06. The number of fused-ring (bicyclic) bond motifs is 3. The van der Waals surface area contributed by atoms with Crippen LogP contribution in [-0.2, 0) is 27.9 Å². The zero-order chi connectivity index (χ0) is 35.6. The van der Waals surface area contributed by atoms with E-state index >= 15 is 0 Å². The Labute approximate surface area is 307 Å². The molecule has 8 heteroatoms. The Hall–Kier alpha value is -4.23. The van der Waals surface area contributed by atoms with Crippen LogP contribution in [0.4, 0.5) is 11.5 Å². The maximum absolute atomic E-state index is 13.4. The molecule has 0 saturated heterocycles. The van der Waals surface area contributed by atoms with Crippen molar-refractivity contribution in [3.05, 3.63) is 112 Å². The van der Waals surface area contributed by atoms with Crippen LogP contribution < -0.4 is 19.7 Å². The van der Waals surface area contributed by atoms with Gasteiger partial charge in [0.25, 0.3) is 0 Å². The molecule has 1 spiro atoms. The molecule has 1 N–H and O–H groups in total. The first-order valence-corrected chi connectivity index (χ1v) is 18.8. The summed E-state index contributed by atoms with van der Waals surface area (Å²) in [4.78, 5) is 20.7. The highest BCUT2D eigenvalue weighted by Crippen LogP contribution is 2.56. The standard InChI is InChI=1S/C43H50ClN3O4/c1-29(28-51-38-16-22-45-40-39(38)30(2)17-23-47(40)27-31-12-14-36(49-3)15-13-31)24-33-25-32-8-5-6-11-37(32)42(33)18-20-43(21-19-42,41(48)50-4)46-35-10-7-9-34(44)26-35/h5-16,22,26,29-30,33,46H,17-21,23-25,27-28H2,1-4H3/t29-,30?,33+,42?,43?/m1/s1. The Morgan fingerprint density at radius 2 is 1.80 bits per heavy atom. The molecule has 1 saturated carbocycles. The number of esters is 1. The molecule has 7 nitrogen and oxygen atoms in total. The third-order valence-corrected chi connectivity index (χ3v) is 12.1. The summed E-state index contributed by atoms with van der Waals surface area (Å²) < 4.78 is 17.5. The van der Waals surface area contributed by atoms with E-state index in [0.717, 1.165) is 68.2 Å². The summed E-state index contributed by atoms with van der Waals surface area (Å²) in [5.74, 6) is 3.82. The number of carbonyl (C=O) groups excluding carboxylic acids is 1. The second kappa shape index (κ2) is 14.8. The lowest BCUT2D eigenvalue weighted by Crippen LogP contribution is -2.53. The van der Waals surface area contributed by atoms with Crippen LogP contribution >= 0.6 is 11.6 Å². The Morgan fingerprint density at radius 1 is 1.02 bits per heavy atom. The van der Waals surface area contributed by atoms with Crippen LogP contribution in [0, 0.1) is 11.8 Å². The first-order chi connectivity index (χ1) is 24.7. The van der Waals surface area contributed by atoms with Crippen molar-refractivity contribution in [1.29, 1.82) is 0 Å². The largest absolute Gasteiger partial charge is 0.497 e. The molecule has 1 fully saturated rings. The molecule has 3 aliphatic rings. The number of halogens is 1. The smallest absolute Gasteiger partial charge is 0.331 e. The fraction of sp³-hybridized carbons (Fsp3) is 0.442. The number of ether oxygens (including phenoxy) is 3. The van der Waals surface area contributed by atoms with Gasteiger partial charge < -0.3 is 24.4 Å². The van der Waals surface area contributed by atoms with E-state index in [0.29, 0.717) is 42.2 Å². The molecule has 3 atom stereocenters. The summed E-state index contributed by atoms with van der Waals surface area (Å²) in [5.41, 5.74) is 5.40. The zero-order valence-corrected chi connectivity index (χ0v) is 31.0. The van der Waals surface area contributed by atoms with E-state index in [1.165, 1.54) is 29.4 Å². The van der Waals surface area contributed by atoms with Gasteiger partial charge in [-0.25, -0.2) is 9.78 Å². The van der Waals surface area contributed by atoms with Gasteiger partial charge in [0, 0.05) is 35.6 Å². The number of hydrogen-bond acceptors (Lipinski definition) is 7. The molecule has 1 aliphatic heterocycles. The van der Waals surface area contributed by atoms with E-state index in [-0.39, 0.29) is 11.4 Å². The van der Waals surface area contributed by atoms with E-state index in [4.69, 9.17) is 30.8 Å². The highest BCUT2D eigenvalue weighted by atomic mass is 35.5. The van der Waals surface area contributed by atoms with Gasteiger partial charge >= 0.3 is 5.97 Å². The molecule has 2 aliphatic carbocycles. The van der Waals surface area contributed by atoms with Crippen LogP contribution in [0.1, 0.15) is 80.5 Å². The van der Waals surface area contributed by atoms with Gasteiger partial charge in [-0.2, -0.15) is 0 Å². The van der Waals surface area contributed by atoms with Crippen LogP contribution in [0.25, 0.3) is 0 Å². The van der Waals surface area contributed by atoms with Gasteiger partial charge in [-0.15, -0.1) is 0 Å². The third-order valence-electron chi connectivity index (χ3n) is 11.9. The second-order valence-corrected chi connectivity index (χ2v) is 15.5. The normalized spacial score (nSPS) is 24.4. The molecule has 0 radical (unpaired) electrons. The van der Waals surface area contributed by atoms with Crippen molar-refractivity contribution in [2.24, 2.45) is 11.8 Å². The third kappa shape index (κ3) is 7.02. The average molecular weight is 708 g/mol. The van der Waals surface area contributed by atoms with Crippen LogP contribution in [0.2, 0.25) is 5.02 Å². The highest BCUT2D eigenvalue weighted by Gasteiger charge is 2.54. The van der Waals surface area contributed by atoms with Gasteiger partial charge in [0.2, 0.25) is 0 Å². The molecule has 0 amide bonds. The topological polar surface area (TPSA) is 72.9 Å². The van der Waals surface area contributed by atoms with E-state index < -0.39 is 5.54 Å². The van der Waals surface area contributed by atoms with E-state index in [1.54, 1.807) is 7.11 Å². The highest BCUT2D eigenvalue weighted by molar-refractivity contribution is 6.30. The summed E-state index contributed by atoms with van der Waals surface area (Å²) in [6.45, 7) is 7.02. The molecule has 51 heavy (non-hydrogen) atoms. The Kier molecular flexibility index (Phi) is 10.2. The molecule has 7 rings (SSSR count). The van der Waals surface area contributed by atoms with Crippen molar-refractivity contribution in [1.82, 2.24) is 4.98 Å². The molecular formula is C43H50ClN3O4. The number of nitrogens with zero attached hydrogens (tertiary/aromatic N) is 2. The van der Waals surface area contributed by atoms with E-state index in [9.17, 15) is 4.79 Å². The first kappa shape index (κ1) is 35.2. The van der Waals surface area contributed by atoms with Crippen LogP contribution in [0.5, 0.6) is 11.5 Å². The predicted molar refractivity (Wildman–Crippen MR) is 204 cm³/mol. The number of methoxy groups -OCH3 is 2. The Morgan fingerprint density at radius 3 is 2.55 bits per heavy atom. The lowest BCUT2D eigenvalue weighted by molar-refractivity contribution is -0.148. The summed E-state index contributed by atoms with van der Waals surface area (Å²) in [5, 5.41) is 4.21. The molecule has 0 bridgehead atoms. The number of rotatable bonds is 11. The molecule has 1 aromatic heterocycles. The fourth-order valence-electron chi connectivity index (χ4n) is 9.17. The van der Waals surface area contributed by atoms with Crippen LogP contribution in [-0.4, -0.2) is 43.9 Å². The number of hydrogen-bond donors (Lipinski definition) is 1. The van der Waals surface area contributed by atoms with Crippen molar-refractivity contribution in [3.63, 3.8) is 0 Å². The number of anilines is 2. The van der Waals surface area contributed by atoms with Crippen molar-refractivity contribution >= 4 is 29.1 Å². The van der Waals surface area contributed by atoms with Gasteiger partial charge in [0.15, 0.2) is 0 Å². The maximum atomic E-state index is 13.4. The summed E-state index contributed by atoms with van der Waals surface area (Å²) >= 11 is 6.32. The molecule has 3 aromatic carbocycles. The van der Waals surface area contributed by atoms with Gasteiger partial charge in [0.1, 0.15) is 22.9 Å². The zero-order valence-electron chi connectivity index (χ0n) is 30.3. The first-order valence-electron chi connectivity index (χ1n) is 18.4. The minimum absolute atomic E-state index is 0.00465. The van der Waals surface area contributed by atoms with Crippen molar-refractivity contribution in [2.45, 2.75) is 82.2 Å². The lowest BCUT2D eigenvalue weighted by atomic mass is 9.59. The minimum atomic E-state index is -0.792. The SMILES string of the molecule is COC(=O)C1(Nc2cccc(Cl)c2)CCC2(CC1)c1ccccc1C[C@@H]2C[C@@H](C)COc1ccnc2c1C(C)CCN2Cc1ccc(OC)cc1. The number of benzene rings is 3. The quantitative estimate of drug-likeness (QED) is 0.156. The van der Waals surface area contributed by atoms with E-state index in [1.807, 2.05) is 48.7 Å². The number of carbonyl (C=O) groups is 1. The molecular weight excluding hydrogens is 658 g/mol. The molecule has 1 unspecified atom stereocenters. The molecule has 268 valence electrons. The monoisotopic (exact) mass is 707 g/mol. The van der Waals surface area contributed by atoms with E-state index in [2.05, 4.69) is 60.5 Å².